The van der Waals surface area contributed by atoms with E-state index in [0.717, 1.165) is 97.1 Å². The molecule has 5 aromatic rings. The van der Waals surface area contributed by atoms with E-state index in [0.29, 0.717) is 36.7 Å². The molecule has 0 bridgehead atoms. The Balaban J connectivity index is 0.000000242. The number of aliphatic carboxylic acids is 1. The summed E-state index contributed by atoms with van der Waals surface area (Å²) in [6.45, 7) is 15.1. The number of esters is 1. The van der Waals surface area contributed by atoms with Gasteiger partial charge < -0.3 is 48.4 Å². The predicted octanol–water partition coefficient (Wildman–Crippen LogP) is 8.92. The fourth-order valence-corrected chi connectivity index (χ4v) is 12.2. The van der Waals surface area contributed by atoms with Gasteiger partial charge in [-0.1, -0.05) is 98.8 Å². The molecule has 3 aliphatic heterocycles. The number of likely N-dealkylation sites (N-methyl/N-ethyl adjacent to an activating group) is 1. The van der Waals surface area contributed by atoms with Gasteiger partial charge in [0.15, 0.2) is 11.5 Å². The Morgan fingerprint density at radius 3 is 2.03 bits per heavy atom. The highest BCUT2D eigenvalue weighted by Crippen LogP contribution is 2.56. The number of thioether (sulfide) groups is 1. The lowest BCUT2D eigenvalue weighted by Crippen LogP contribution is -2.56. The monoisotopic (exact) mass is 1090 g/mol. The van der Waals surface area contributed by atoms with Gasteiger partial charge in [0.05, 0.1) is 46.3 Å². The van der Waals surface area contributed by atoms with Crippen LogP contribution >= 0.6 is 11.8 Å². The lowest BCUT2D eigenvalue weighted by molar-refractivity contribution is -0.153. The molecule has 0 aromatic heterocycles. The first kappa shape index (κ1) is 59.1. The fourth-order valence-electron chi connectivity index (χ4n) is 10.6. The molecule has 4 atom stereocenters. The molecule has 8 rings (SSSR count). The molecule has 0 saturated carbocycles. The third kappa shape index (κ3) is 14.4. The Morgan fingerprint density at radius 2 is 1.37 bits per heavy atom. The number of anilines is 1. The first-order chi connectivity index (χ1) is 37.7. The maximum Gasteiger partial charge on any atom is 0.326 e. The Bertz CT molecular complexity index is 2760. The van der Waals surface area contributed by atoms with Gasteiger partial charge in [-0.25, -0.2) is 4.79 Å². The number of para-hydroxylation sites is 2. The quantitative estimate of drug-likeness (QED) is 0.0472. The van der Waals surface area contributed by atoms with Crippen molar-refractivity contribution >= 4 is 41.2 Å². The fraction of sp³-hybridized carbons (Fsp3) is 0.452. The minimum absolute atomic E-state index is 0.0751. The zero-order valence-corrected chi connectivity index (χ0v) is 47.5. The first-order valence-corrected chi connectivity index (χ1v) is 28.1. The summed E-state index contributed by atoms with van der Waals surface area (Å²) in [6.07, 6.45) is 4.35. The van der Waals surface area contributed by atoms with Gasteiger partial charge in [-0.2, -0.15) is 0 Å². The number of aryl methyl sites for hydroxylation is 1. The van der Waals surface area contributed by atoms with E-state index in [1.165, 1.54) is 10.5 Å². The number of piperazine rings is 1. The smallest absolute Gasteiger partial charge is 0.326 e. The van der Waals surface area contributed by atoms with Gasteiger partial charge in [0.2, 0.25) is 17.6 Å². The van der Waals surface area contributed by atoms with E-state index < -0.39 is 34.8 Å². The number of unbranched alkanes of at least 4 members (excludes halogenated alkanes) is 1. The zero-order chi connectivity index (χ0) is 55.8. The van der Waals surface area contributed by atoms with Crippen molar-refractivity contribution in [3.8, 4) is 23.0 Å². The van der Waals surface area contributed by atoms with Gasteiger partial charge in [-0.3, -0.25) is 19.7 Å². The van der Waals surface area contributed by atoms with Crippen LogP contribution in [0.5, 0.6) is 23.0 Å². The van der Waals surface area contributed by atoms with Crippen LogP contribution < -0.4 is 29.2 Å². The summed E-state index contributed by atoms with van der Waals surface area (Å²) < 4.78 is 27.4. The molecule has 78 heavy (non-hydrogen) atoms. The van der Waals surface area contributed by atoms with Crippen molar-refractivity contribution < 1.29 is 48.0 Å². The van der Waals surface area contributed by atoms with E-state index in [-0.39, 0.29) is 37.3 Å². The van der Waals surface area contributed by atoms with Crippen LogP contribution in [0.15, 0.2) is 120 Å². The maximum atomic E-state index is 14.0. The van der Waals surface area contributed by atoms with Crippen LogP contribution in [0.2, 0.25) is 0 Å². The van der Waals surface area contributed by atoms with Gasteiger partial charge in [0.25, 0.3) is 0 Å². The number of hydrogen-bond donors (Lipinski definition) is 2. The van der Waals surface area contributed by atoms with E-state index in [4.69, 9.17) is 23.7 Å². The number of methoxy groups -OCH3 is 3. The second-order valence-electron chi connectivity index (χ2n) is 20.4. The number of ether oxygens (including phenoxy) is 5. The number of carbonyl (C=O) groups is 4. The number of carboxylic acids is 1. The van der Waals surface area contributed by atoms with Gasteiger partial charge in [-0.05, 0) is 111 Å². The number of fused-ring (bicyclic) bond motifs is 2. The summed E-state index contributed by atoms with van der Waals surface area (Å²) in [7, 11) is 6.83. The molecule has 5 aromatic carbocycles. The van der Waals surface area contributed by atoms with E-state index >= 15 is 0 Å². The van der Waals surface area contributed by atoms with E-state index in [9.17, 15) is 24.3 Å². The molecule has 3 aliphatic rings. The number of rotatable bonds is 23. The van der Waals surface area contributed by atoms with Crippen LogP contribution in [-0.2, 0) is 54.5 Å². The minimum Gasteiger partial charge on any atom is -0.493 e. The van der Waals surface area contributed by atoms with Crippen molar-refractivity contribution in [3.63, 3.8) is 0 Å². The Hall–Kier alpha value is -6.59. The molecular formula is C62H79N5O10S. The van der Waals surface area contributed by atoms with Crippen LogP contribution in [0.25, 0.3) is 0 Å². The second kappa shape index (κ2) is 28.3. The highest BCUT2D eigenvalue weighted by Gasteiger charge is 2.51. The Kier molecular flexibility index (Phi) is 21.5. The largest absolute Gasteiger partial charge is 0.493 e. The van der Waals surface area contributed by atoms with Crippen LogP contribution in [0, 0.1) is 5.92 Å². The second-order valence-corrected chi connectivity index (χ2v) is 21.6. The van der Waals surface area contributed by atoms with E-state index in [1.807, 2.05) is 115 Å². The summed E-state index contributed by atoms with van der Waals surface area (Å²) in [5, 5.41) is 12.8. The summed E-state index contributed by atoms with van der Waals surface area (Å²) in [4.78, 5) is 61.1. The Morgan fingerprint density at radius 1 is 0.744 bits per heavy atom. The van der Waals surface area contributed by atoms with Crippen LogP contribution in [0.1, 0.15) is 74.8 Å². The molecule has 2 amide bonds. The van der Waals surface area contributed by atoms with Crippen molar-refractivity contribution in [2.75, 3.05) is 85.8 Å². The van der Waals surface area contributed by atoms with Crippen LogP contribution in [-0.4, -0.2) is 143 Å². The number of benzene rings is 5. The molecule has 2 N–H and O–H groups in total. The molecule has 3 heterocycles. The Labute approximate surface area is 465 Å². The van der Waals surface area contributed by atoms with Crippen molar-refractivity contribution in [1.29, 1.82) is 0 Å². The first-order valence-electron chi connectivity index (χ1n) is 27.3. The standard InChI is InChI=1S/C37H49N3O5S.C25H30N2O5/c1-27(2)37(36(41)38(3)30-14-8-10-16-34(30)46-37)29-13-7-9-15-31(29)45-24-12-11-18-39-20-22-40(23-21-39)19-17-28-25-32(42-4)35(44-6)33(26-28)43-5;1-3-32-25(31)21(14-13-18-9-5-4-6-10-18)26-17(2)23(28)27-16-20-12-8-7-11-19(20)15-22(27)24(29)30/h7-10,13-16,25-27H,11-12,17-24H2,1-6H3;4-12,17,21-22,26H,3,13-16H2,1-2H3,(H,29,30)/t37-;17-,21-,22-/m10/s1. The van der Waals surface area contributed by atoms with Crippen LogP contribution in [0.3, 0.4) is 0 Å². The summed E-state index contributed by atoms with van der Waals surface area (Å²) in [5.41, 5.74) is 6.08. The van der Waals surface area contributed by atoms with Gasteiger partial charge >= 0.3 is 11.9 Å². The molecule has 1 saturated heterocycles. The highest BCUT2D eigenvalue weighted by molar-refractivity contribution is 8.01. The van der Waals surface area contributed by atoms with E-state index in [1.54, 1.807) is 46.9 Å². The summed E-state index contributed by atoms with van der Waals surface area (Å²) in [5.74, 6) is 1.23. The van der Waals surface area contributed by atoms with Crippen molar-refractivity contribution in [2.45, 2.75) is 101 Å². The highest BCUT2D eigenvalue weighted by atomic mass is 32.2. The summed E-state index contributed by atoms with van der Waals surface area (Å²) in [6, 6.07) is 35.4. The molecule has 1 fully saturated rings. The molecular weight excluding hydrogens is 1010 g/mol. The molecule has 0 unspecified atom stereocenters. The minimum atomic E-state index is -1.04. The van der Waals surface area contributed by atoms with E-state index in [2.05, 4.69) is 41.1 Å². The summed E-state index contributed by atoms with van der Waals surface area (Å²) >= 11 is 1.66. The molecule has 0 aliphatic carbocycles. The predicted molar refractivity (Wildman–Crippen MR) is 306 cm³/mol. The third-order valence-corrected chi connectivity index (χ3v) is 16.8. The lowest BCUT2D eigenvalue weighted by Gasteiger charge is -2.44. The van der Waals surface area contributed by atoms with Crippen molar-refractivity contribution in [2.24, 2.45) is 5.92 Å². The topological polar surface area (TPSA) is 160 Å². The molecule has 16 heteroatoms. The SMILES string of the molecule is CCOC(=O)[C@H](CCc1ccccc1)N[C@@H](C)C(=O)N1Cc2ccccc2C[C@H]1C(=O)O.COc1cc(CCN2CCN(CCCCOc3ccccc3[C@@]3(C(C)C)Sc4ccccc4N(C)C3=O)CC2)cc(OC)c1OC. The molecule has 15 nitrogen and oxygen atoms in total. The lowest BCUT2D eigenvalue weighted by atomic mass is 9.85. The zero-order valence-electron chi connectivity index (χ0n) is 46.7. The molecule has 0 spiro atoms. The number of amides is 2. The number of hydrogen-bond acceptors (Lipinski definition) is 13. The number of nitrogens with one attached hydrogen (secondary N) is 1. The number of carboxylic acid groups (broad SMARTS) is 1. The normalized spacial score (nSPS) is 18.2. The average molecular weight is 1090 g/mol. The molecule has 418 valence electrons. The van der Waals surface area contributed by atoms with Crippen molar-refractivity contribution in [3.05, 3.63) is 143 Å². The number of carbonyl (C=O) groups excluding carboxylic acids is 3. The average Bonchev–Trinajstić information content (AvgIpc) is 3.55. The van der Waals surface area contributed by atoms with Crippen LogP contribution in [0.4, 0.5) is 5.69 Å². The van der Waals surface area contributed by atoms with Gasteiger partial charge in [0, 0.05) is 63.2 Å². The third-order valence-electron chi connectivity index (χ3n) is 15.0. The maximum absolute atomic E-state index is 14.0. The van der Waals surface area contributed by atoms with Crippen molar-refractivity contribution in [1.82, 2.24) is 20.0 Å². The molecule has 0 radical (unpaired) electrons. The van der Waals surface area contributed by atoms with Gasteiger partial charge in [-0.15, -0.1) is 11.8 Å². The number of nitrogens with zero attached hydrogens (tertiary/aromatic N) is 4. The van der Waals surface area contributed by atoms with Gasteiger partial charge in [0.1, 0.15) is 22.6 Å².